The average Bonchev–Trinajstić information content (AvgIpc) is 3.08. The summed E-state index contributed by atoms with van der Waals surface area (Å²) in [5.41, 5.74) is 7.91. The summed E-state index contributed by atoms with van der Waals surface area (Å²) in [6, 6.07) is 3.53. The fourth-order valence-corrected chi connectivity index (χ4v) is 2.58. The lowest BCUT2D eigenvalue weighted by molar-refractivity contribution is -0.118. The molecule has 0 aromatic carbocycles. The number of nitrogens with one attached hydrogen (secondary N) is 4. The molecule has 0 saturated carbocycles. The Morgan fingerprint density at radius 3 is 2.91 bits per heavy atom. The van der Waals surface area contributed by atoms with Crippen LogP contribution in [0.1, 0.15) is 19.5 Å². The summed E-state index contributed by atoms with van der Waals surface area (Å²) in [6.45, 7) is 3.35. The number of hydrazine groups is 1. The van der Waals surface area contributed by atoms with Crippen LogP contribution in [0.5, 0.6) is 0 Å². The summed E-state index contributed by atoms with van der Waals surface area (Å²) < 4.78 is 12.1. The number of aromatic amines is 1. The lowest BCUT2D eigenvalue weighted by Gasteiger charge is -2.15. The Balaban J connectivity index is 1.76. The summed E-state index contributed by atoms with van der Waals surface area (Å²) in [4.78, 5) is 19.6. The maximum Gasteiger partial charge on any atom is 0.243 e. The van der Waals surface area contributed by atoms with Crippen molar-refractivity contribution in [1.82, 2.24) is 20.8 Å². The lowest BCUT2D eigenvalue weighted by Crippen LogP contribution is -2.41. The van der Waals surface area contributed by atoms with E-state index in [2.05, 4.69) is 38.0 Å². The molecule has 3 unspecified atom stereocenters. The smallest absolute Gasteiger partial charge is 0.243 e. The topological polar surface area (TPSA) is 81.8 Å². The van der Waals surface area contributed by atoms with Gasteiger partial charge in [-0.05, 0) is 30.9 Å². The van der Waals surface area contributed by atoms with Gasteiger partial charge in [0.2, 0.25) is 5.91 Å². The first kappa shape index (κ1) is 15.5. The molecule has 1 aliphatic rings. The third-order valence-electron chi connectivity index (χ3n) is 4.09. The number of hydrogen-bond acceptors (Lipinski definition) is 4. The Morgan fingerprint density at radius 2 is 2.22 bits per heavy atom. The van der Waals surface area contributed by atoms with Crippen LogP contribution in [-0.2, 0) is 4.79 Å². The van der Waals surface area contributed by atoms with Gasteiger partial charge in [-0.15, -0.1) is 0 Å². The van der Waals surface area contributed by atoms with Gasteiger partial charge in [0.25, 0.3) is 0 Å². The Labute approximate surface area is 133 Å². The van der Waals surface area contributed by atoms with Crippen LogP contribution in [0.25, 0.3) is 11.0 Å². The molecule has 0 spiro atoms. The summed E-state index contributed by atoms with van der Waals surface area (Å²) in [5.74, 6) is 5.11. The van der Waals surface area contributed by atoms with E-state index in [4.69, 9.17) is 0 Å². The first-order valence-corrected chi connectivity index (χ1v) is 7.44. The molecule has 4 N–H and O–H groups in total. The van der Waals surface area contributed by atoms with Gasteiger partial charge >= 0.3 is 0 Å². The van der Waals surface area contributed by atoms with E-state index in [0.717, 1.165) is 5.39 Å². The van der Waals surface area contributed by atoms with Crippen molar-refractivity contribution in [2.45, 2.75) is 25.9 Å². The van der Waals surface area contributed by atoms with Gasteiger partial charge in [-0.3, -0.25) is 10.2 Å². The number of fused-ring (bicyclic) bond motifs is 1. The molecule has 1 amide bonds. The van der Waals surface area contributed by atoms with Crippen LogP contribution < -0.4 is 16.2 Å². The van der Waals surface area contributed by atoms with Gasteiger partial charge in [0.05, 0.1) is 17.6 Å². The third-order valence-corrected chi connectivity index (χ3v) is 4.09. The molecule has 0 bridgehead atoms. The number of halogens is 1. The molecule has 0 aliphatic carbocycles. The summed E-state index contributed by atoms with van der Waals surface area (Å²) >= 11 is 0. The number of carbonyl (C=O) groups excluding carboxylic acids is 1. The molecule has 3 rings (SSSR count). The highest BCUT2D eigenvalue weighted by Crippen LogP contribution is 2.19. The second-order valence-corrected chi connectivity index (χ2v) is 5.68. The normalized spacial score (nSPS) is 23.5. The van der Waals surface area contributed by atoms with Crippen molar-refractivity contribution >= 4 is 22.6 Å². The van der Waals surface area contributed by atoms with Crippen molar-refractivity contribution in [1.29, 1.82) is 0 Å². The number of H-pyrrole nitrogens is 1. The molecular weight excluding hydrogens is 297 g/mol. The first-order chi connectivity index (χ1) is 11.1. The minimum absolute atomic E-state index is 0.108. The number of hydrogen-bond donors (Lipinski definition) is 4. The first-order valence-electron chi connectivity index (χ1n) is 7.44. The van der Waals surface area contributed by atoms with Crippen molar-refractivity contribution in [2.24, 2.45) is 5.92 Å². The number of pyridine rings is 1. The van der Waals surface area contributed by atoms with E-state index in [1.807, 2.05) is 19.9 Å². The highest BCUT2D eigenvalue weighted by atomic mass is 19.1. The van der Waals surface area contributed by atoms with Crippen molar-refractivity contribution in [2.75, 3.05) is 12.0 Å². The number of nitrogens with zero attached hydrogens (tertiary/aromatic N) is 1. The molecule has 3 atom stereocenters. The van der Waals surface area contributed by atoms with E-state index in [-0.39, 0.29) is 23.9 Å². The van der Waals surface area contributed by atoms with E-state index in [1.54, 1.807) is 12.3 Å². The van der Waals surface area contributed by atoms with Gasteiger partial charge in [-0.25, -0.2) is 14.8 Å². The SMILES string of the molecule is CC1NNC(C(=O)Nc2cnc3[nH]c(C#CCF)cc3c2)C1C. The van der Waals surface area contributed by atoms with Crippen LogP contribution in [-0.4, -0.2) is 34.6 Å². The number of rotatable bonds is 2. The largest absolute Gasteiger partial charge is 0.333 e. The molecule has 3 heterocycles. The van der Waals surface area contributed by atoms with Crippen LogP contribution in [0.3, 0.4) is 0 Å². The zero-order valence-electron chi connectivity index (χ0n) is 12.9. The quantitative estimate of drug-likeness (QED) is 0.630. The van der Waals surface area contributed by atoms with Crippen LogP contribution in [0, 0.1) is 17.8 Å². The second-order valence-electron chi connectivity index (χ2n) is 5.68. The maximum absolute atomic E-state index is 12.3. The third kappa shape index (κ3) is 3.18. The molecular formula is C16H18FN5O. The minimum atomic E-state index is -0.691. The number of aromatic nitrogens is 2. The Morgan fingerprint density at radius 1 is 1.39 bits per heavy atom. The number of carbonyl (C=O) groups is 1. The highest BCUT2D eigenvalue weighted by Gasteiger charge is 2.34. The molecule has 23 heavy (non-hydrogen) atoms. The molecule has 6 nitrogen and oxygen atoms in total. The zero-order valence-corrected chi connectivity index (χ0v) is 12.9. The molecule has 1 aliphatic heterocycles. The van der Waals surface area contributed by atoms with Crippen molar-refractivity contribution in [3.63, 3.8) is 0 Å². The van der Waals surface area contributed by atoms with E-state index in [1.165, 1.54) is 0 Å². The molecule has 7 heteroatoms. The van der Waals surface area contributed by atoms with Gasteiger partial charge in [0.1, 0.15) is 11.7 Å². The van der Waals surface area contributed by atoms with Gasteiger partial charge in [0, 0.05) is 11.4 Å². The molecule has 1 saturated heterocycles. The molecule has 2 aromatic rings. The van der Waals surface area contributed by atoms with Crippen LogP contribution >= 0.6 is 0 Å². The Hall–Kier alpha value is -2.43. The van der Waals surface area contributed by atoms with Crippen LogP contribution in [0.4, 0.5) is 10.1 Å². The van der Waals surface area contributed by atoms with E-state index in [0.29, 0.717) is 17.0 Å². The van der Waals surface area contributed by atoms with Crippen molar-refractivity contribution in [3.05, 3.63) is 24.0 Å². The zero-order chi connectivity index (χ0) is 16.4. The van der Waals surface area contributed by atoms with E-state index in [9.17, 15) is 9.18 Å². The van der Waals surface area contributed by atoms with Crippen molar-refractivity contribution < 1.29 is 9.18 Å². The maximum atomic E-state index is 12.3. The lowest BCUT2D eigenvalue weighted by atomic mass is 9.97. The van der Waals surface area contributed by atoms with Gasteiger partial charge < -0.3 is 10.3 Å². The summed E-state index contributed by atoms with van der Waals surface area (Å²) in [6.07, 6.45) is 1.58. The molecule has 1 fully saturated rings. The Kier molecular flexibility index (Phi) is 4.28. The number of alkyl halides is 1. The van der Waals surface area contributed by atoms with Gasteiger partial charge in [-0.2, -0.15) is 0 Å². The molecule has 120 valence electrons. The fraction of sp³-hybridized carbons (Fsp3) is 0.375. The van der Waals surface area contributed by atoms with E-state index >= 15 is 0 Å². The predicted molar refractivity (Wildman–Crippen MR) is 86.3 cm³/mol. The molecule has 2 aromatic heterocycles. The number of amides is 1. The summed E-state index contributed by atoms with van der Waals surface area (Å²) in [7, 11) is 0. The predicted octanol–water partition coefficient (Wildman–Crippen LogP) is 1.32. The van der Waals surface area contributed by atoms with Gasteiger partial charge in [-0.1, -0.05) is 12.8 Å². The van der Waals surface area contributed by atoms with Crippen molar-refractivity contribution in [3.8, 4) is 11.8 Å². The molecule has 0 radical (unpaired) electrons. The number of anilines is 1. The second kappa shape index (κ2) is 6.36. The van der Waals surface area contributed by atoms with Gasteiger partial charge in [0.15, 0.2) is 6.67 Å². The van der Waals surface area contributed by atoms with Crippen LogP contribution in [0.2, 0.25) is 0 Å². The van der Waals surface area contributed by atoms with Crippen LogP contribution in [0.15, 0.2) is 18.3 Å². The average molecular weight is 315 g/mol. The van der Waals surface area contributed by atoms with E-state index < -0.39 is 6.67 Å². The minimum Gasteiger partial charge on any atom is -0.333 e. The summed E-state index contributed by atoms with van der Waals surface area (Å²) in [5, 5.41) is 3.68. The highest BCUT2D eigenvalue weighted by molar-refractivity contribution is 5.96. The fourth-order valence-electron chi connectivity index (χ4n) is 2.58. The Bertz CT molecular complexity index is 791. The monoisotopic (exact) mass is 315 g/mol. The standard InChI is InChI=1S/C16H18FN5O/c1-9-10(2)21-22-14(9)16(23)20-13-7-11-6-12(4-3-5-17)19-15(11)18-8-13/h6-10,14,21-22H,5H2,1-2H3,(H,18,19)(H,20,23).